The van der Waals surface area contributed by atoms with E-state index in [-0.39, 0.29) is 12.0 Å². The zero-order valence-corrected chi connectivity index (χ0v) is 19.5. The van der Waals surface area contributed by atoms with Gasteiger partial charge in [0.15, 0.2) is 0 Å². The summed E-state index contributed by atoms with van der Waals surface area (Å²) in [7, 11) is 0. The Morgan fingerprint density at radius 3 is 2.66 bits per heavy atom. The highest BCUT2D eigenvalue weighted by Crippen LogP contribution is 2.26. The molecule has 1 aliphatic heterocycles. The van der Waals surface area contributed by atoms with Gasteiger partial charge in [0.05, 0.1) is 24.2 Å². The first-order chi connectivity index (χ1) is 15.3. The van der Waals surface area contributed by atoms with Gasteiger partial charge in [0.2, 0.25) is 0 Å². The number of amides is 1. The lowest BCUT2D eigenvalue weighted by Gasteiger charge is -2.33. The summed E-state index contributed by atoms with van der Waals surface area (Å²) in [5.74, 6) is 0.253. The first-order valence-corrected chi connectivity index (χ1v) is 11.4. The number of imidazole rings is 1. The molecular weight excluding hydrogens is 402 g/mol. The molecule has 0 aliphatic carbocycles. The maximum Gasteiger partial charge on any atom is 0.410 e. The van der Waals surface area contributed by atoms with Crippen molar-refractivity contribution in [1.29, 1.82) is 0 Å². The molecule has 2 heterocycles. The molecule has 1 atom stereocenters. The molecule has 4 rings (SSSR count). The normalized spacial score (nSPS) is 16.9. The van der Waals surface area contributed by atoms with Gasteiger partial charge in [-0.25, -0.2) is 4.79 Å². The molecule has 0 spiro atoms. The Bertz CT molecular complexity index is 1080. The quantitative estimate of drug-likeness (QED) is 0.537. The van der Waals surface area contributed by atoms with E-state index in [0.29, 0.717) is 25.7 Å². The molecule has 170 valence electrons. The second-order valence-electron chi connectivity index (χ2n) is 9.64. The van der Waals surface area contributed by atoms with Gasteiger partial charge in [0.1, 0.15) is 5.60 Å². The Morgan fingerprint density at radius 2 is 1.88 bits per heavy atom. The molecule has 1 aromatic heterocycles. The second-order valence-corrected chi connectivity index (χ2v) is 9.64. The van der Waals surface area contributed by atoms with Crippen LogP contribution in [0, 0.1) is 12.8 Å². The van der Waals surface area contributed by atoms with Crippen LogP contribution >= 0.6 is 0 Å². The number of hydrogen-bond acceptors (Lipinski definition) is 4. The van der Waals surface area contributed by atoms with Crippen LogP contribution in [0.4, 0.5) is 4.79 Å². The van der Waals surface area contributed by atoms with Crippen molar-refractivity contribution in [2.75, 3.05) is 19.7 Å². The van der Waals surface area contributed by atoms with Gasteiger partial charge >= 0.3 is 6.09 Å². The van der Waals surface area contributed by atoms with Crippen molar-refractivity contribution in [3.63, 3.8) is 0 Å². The smallest absolute Gasteiger partial charge is 0.410 e. The zero-order chi connectivity index (χ0) is 22.7. The monoisotopic (exact) mass is 435 g/mol. The first kappa shape index (κ1) is 22.2. The number of fused-ring (bicyclic) bond motifs is 1. The Hall–Kier alpha value is -3.02. The van der Waals surface area contributed by atoms with Crippen LogP contribution in [0.25, 0.3) is 11.0 Å². The van der Waals surface area contributed by atoms with E-state index >= 15 is 0 Å². The molecule has 0 saturated carbocycles. The minimum Gasteiger partial charge on any atom is -0.464 e. The predicted molar refractivity (Wildman–Crippen MR) is 126 cm³/mol. The van der Waals surface area contributed by atoms with Crippen molar-refractivity contribution in [1.82, 2.24) is 14.5 Å². The lowest BCUT2D eigenvalue weighted by atomic mass is 9.99. The van der Waals surface area contributed by atoms with Crippen LogP contribution in [0.1, 0.15) is 44.7 Å². The number of aromatic nitrogens is 2. The summed E-state index contributed by atoms with van der Waals surface area (Å²) < 4.78 is 14.0. The summed E-state index contributed by atoms with van der Waals surface area (Å²) in [4.78, 5) is 19.1. The molecule has 0 N–H and O–H groups in total. The molecule has 1 fully saturated rings. The number of carbonyl (C=O) groups is 1. The third kappa shape index (κ3) is 5.23. The standard InChI is InChI=1S/C26H33N3O3/c1-19-10-5-6-12-21(19)17-29-23-14-8-7-13-22(23)27-24(29)31-18-20-11-9-15-28(16-20)25(30)32-26(2,3)4/h5-8,10,12-14,20H,9,11,15-18H2,1-4H3/t20-/m0/s1. The fourth-order valence-electron chi connectivity index (χ4n) is 4.16. The van der Waals surface area contributed by atoms with E-state index in [4.69, 9.17) is 14.5 Å². The van der Waals surface area contributed by atoms with Gasteiger partial charge in [-0.2, -0.15) is 4.98 Å². The Kier molecular flexibility index (Phi) is 6.40. The molecule has 0 radical (unpaired) electrons. The van der Waals surface area contributed by atoms with Gasteiger partial charge < -0.3 is 14.4 Å². The third-order valence-electron chi connectivity index (χ3n) is 5.83. The van der Waals surface area contributed by atoms with Gasteiger partial charge in [-0.05, 0) is 63.8 Å². The average Bonchev–Trinajstić information content (AvgIpc) is 3.10. The second kappa shape index (κ2) is 9.23. The van der Waals surface area contributed by atoms with Crippen LogP contribution in [0.2, 0.25) is 0 Å². The van der Waals surface area contributed by atoms with E-state index < -0.39 is 5.60 Å². The van der Waals surface area contributed by atoms with Gasteiger partial charge in [-0.15, -0.1) is 0 Å². The van der Waals surface area contributed by atoms with Crippen LogP contribution in [0.3, 0.4) is 0 Å². The molecule has 32 heavy (non-hydrogen) atoms. The SMILES string of the molecule is Cc1ccccc1Cn1c(OC[C@H]2CCCN(C(=O)OC(C)(C)C)C2)nc2ccccc21. The van der Waals surface area contributed by atoms with E-state index in [9.17, 15) is 4.79 Å². The van der Waals surface area contributed by atoms with Crippen molar-refractivity contribution in [3.05, 3.63) is 59.7 Å². The Morgan fingerprint density at radius 1 is 1.12 bits per heavy atom. The summed E-state index contributed by atoms with van der Waals surface area (Å²) >= 11 is 0. The first-order valence-electron chi connectivity index (χ1n) is 11.4. The van der Waals surface area contributed by atoms with Crippen molar-refractivity contribution in [2.24, 2.45) is 5.92 Å². The summed E-state index contributed by atoms with van der Waals surface area (Å²) in [5, 5.41) is 0. The van der Waals surface area contributed by atoms with E-state index in [1.807, 2.05) is 39.0 Å². The molecule has 0 unspecified atom stereocenters. The van der Waals surface area contributed by atoms with E-state index in [0.717, 1.165) is 30.4 Å². The van der Waals surface area contributed by atoms with Gasteiger partial charge in [-0.1, -0.05) is 36.4 Å². The van der Waals surface area contributed by atoms with Crippen LogP contribution < -0.4 is 4.74 Å². The van der Waals surface area contributed by atoms with Gasteiger partial charge in [0.25, 0.3) is 6.01 Å². The maximum atomic E-state index is 12.5. The van der Waals surface area contributed by atoms with Crippen molar-refractivity contribution in [2.45, 2.75) is 52.7 Å². The van der Waals surface area contributed by atoms with Crippen LogP contribution in [-0.4, -0.2) is 45.8 Å². The average molecular weight is 436 g/mol. The molecule has 1 aliphatic rings. The number of carbonyl (C=O) groups excluding carboxylic acids is 1. The number of para-hydroxylation sites is 2. The highest BCUT2D eigenvalue weighted by atomic mass is 16.6. The predicted octanol–water partition coefficient (Wildman–Crippen LogP) is 5.42. The number of hydrogen-bond donors (Lipinski definition) is 0. The molecule has 1 amide bonds. The number of benzene rings is 2. The fraction of sp³-hybridized carbons (Fsp3) is 0.462. The molecule has 2 aromatic carbocycles. The van der Waals surface area contributed by atoms with Gasteiger partial charge in [0, 0.05) is 19.0 Å². The fourth-order valence-corrected chi connectivity index (χ4v) is 4.16. The largest absolute Gasteiger partial charge is 0.464 e. The minimum atomic E-state index is -0.485. The van der Waals surface area contributed by atoms with Gasteiger partial charge in [-0.3, -0.25) is 4.57 Å². The highest BCUT2D eigenvalue weighted by molar-refractivity contribution is 5.76. The molecule has 6 heteroatoms. The number of nitrogens with zero attached hydrogens (tertiary/aromatic N) is 3. The van der Waals surface area contributed by atoms with Crippen molar-refractivity contribution in [3.8, 4) is 6.01 Å². The molecule has 3 aromatic rings. The van der Waals surface area contributed by atoms with E-state index in [1.165, 1.54) is 11.1 Å². The van der Waals surface area contributed by atoms with Crippen molar-refractivity contribution >= 4 is 17.1 Å². The number of ether oxygens (including phenoxy) is 2. The summed E-state index contributed by atoms with van der Waals surface area (Å²) in [6.45, 7) is 10.4. The maximum absolute atomic E-state index is 12.5. The van der Waals surface area contributed by atoms with Crippen LogP contribution in [0.15, 0.2) is 48.5 Å². The van der Waals surface area contributed by atoms with Crippen molar-refractivity contribution < 1.29 is 14.3 Å². The van der Waals surface area contributed by atoms with E-state index in [1.54, 1.807) is 4.90 Å². The minimum absolute atomic E-state index is 0.242. The summed E-state index contributed by atoms with van der Waals surface area (Å²) in [6.07, 6.45) is 1.73. The lowest BCUT2D eigenvalue weighted by molar-refractivity contribution is 0.0136. The Balaban J connectivity index is 1.48. The summed E-state index contributed by atoms with van der Waals surface area (Å²) in [5.41, 5.74) is 3.99. The summed E-state index contributed by atoms with van der Waals surface area (Å²) in [6, 6.07) is 17.1. The number of aryl methyl sites for hydroxylation is 1. The number of likely N-dealkylation sites (tertiary alicyclic amines) is 1. The van der Waals surface area contributed by atoms with Crippen LogP contribution in [0.5, 0.6) is 6.01 Å². The molecule has 0 bridgehead atoms. The molecule has 6 nitrogen and oxygen atoms in total. The third-order valence-corrected chi connectivity index (χ3v) is 5.83. The highest BCUT2D eigenvalue weighted by Gasteiger charge is 2.28. The Labute approximate surface area is 190 Å². The zero-order valence-electron chi connectivity index (χ0n) is 19.5. The van der Waals surface area contributed by atoms with Crippen LogP contribution in [-0.2, 0) is 11.3 Å². The number of rotatable bonds is 5. The lowest BCUT2D eigenvalue weighted by Crippen LogP contribution is -2.44. The van der Waals surface area contributed by atoms with E-state index in [2.05, 4.69) is 41.8 Å². The molecular formula is C26H33N3O3. The number of piperidine rings is 1. The topological polar surface area (TPSA) is 56.6 Å². The molecule has 1 saturated heterocycles.